The Balaban J connectivity index is 1.53. The van der Waals surface area contributed by atoms with Gasteiger partial charge in [-0.15, -0.1) is 0 Å². The molecule has 0 amide bonds. The van der Waals surface area contributed by atoms with Gasteiger partial charge in [0.1, 0.15) is 5.75 Å². The summed E-state index contributed by atoms with van der Waals surface area (Å²) in [7, 11) is 1.74. The molecule has 3 aromatic rings. The molecule has 1 N–H and O–H groups in total. The molecule has 2 fully saturated rings. The molecule has 0 bridgehead atoms. The predicted octanol–water partition coefficient (Wildman–Crippen LogP) is 4.97. The van der Waals surface area contributed by atoms with E-state index in [2.05, 4.69) is 4.98 Å². The lowest BCUT2D eigenvalue weighted by Gasteiger charge is -2.24. The van der Waals surface area contributed by atoms with Crippen molar-refractivity contribution in [3.8, 4) is 11.4 Å². The number of benzene rings is 1. The highest BCUT2D eigenvalue weighted by atomic mass is 16.5. The number of nitrogens with zero attached hydrogens (tertiary/aromatic N) is 3. The maximum atomic E-state index is 11.9. The van der Waals surface area contributed by atoms with Crippen LogP contribution in [0.15, 0.2) is 36.4 Å². The Kier molecular flexibility index (Phi) is 5.59. The first-order valence-corrected chi connectivity index (χ1v) is 11.4. The van der Waals surface area contributed by atoms with Crippen molar-refractivity contribution >= 4 is 17.0 Å². The van der Waals surface area contributed by atoms with Gasteiger partial charge in [0, 0.05) is 25.7 Å². The minimum atomic E-state index is -1.07. The van der Waals surface area contributed by atoms with Crippen LogP contribution in [-0.2, 0) is 4.74 Å². The molecule has 2 saturated carbocycles. The molecule has 168 valence electrons. The fourth-order valence-corrected chi connectivity index (χ4v) is 4.55. The minimum absolute atomic E-state index is 0.0229. The largest absolute Gasteiger partial charge is 0.493 e. The third kappa shape index (κ3) is 3.97. The quantitative estimate of drug-likeness (QED) is 0.484. The summed E-state index contributed by atoms with van der Waals surface area (Å²) in [5.74, 6) is -0.126. The molecule has 0 unspecified atom stereocenters. The van der Waals surface area contributed by atoms with E-state index in [-0.39, 0.29) is 5.69 Å². The number of ether oxygens (including phenoxy) is 2. The topological polar surface area (TPSA) is 86.5 Å². The summed E-state index contributed by atoms with van der Waals surface area (Å²) in [6.45, 7) is 1.31. The summed E-state index contributed by atoms with van der Waals surface area (Å²) in [6.07, 6.45) is 7.73. The predicted molar refractivity (Wildman–Crippen MR) is 121 cm³/mol. The van der Waals surface area contributed by atoms with Gasteiger partial charge in [0.05, 0.1) is 23.4 Å². The number of rotatable bonds is 10. The molecule has 5 rings (SSSR count). The Morgan fingerprint density at radius 2 is 1.94 bits per heavy atom. The molecule has 7 heteroatoms. The fraction of sp³-hybridized carbons (Fsp3) is 0.480. The maximum Gasteiger partial charge on any atom is 0.354 e. The maximum absolute atomic E-state index is 11.9. The van der Waals surface area contributed by atoms with Crippen LogP contribution < -0.4 is 4.74 Å². The van der Waals surface area contributed by atoms with Crippen molar-refractivity contribution in [2.45, 2.75) is 50.9 Å². The monoisotopic (exact) mass is 435 g/mol. The number of carboxylic acid groups (broad SMARTS) is 1. The molecule has 0 aliphatic heterocycles. The highest BCUT2D eigenvalue weighted by Crippen LogP contribution is 2.52. The first kappa shape index (κ1) is 20.9. The van der Waals surface area contributed by atoms with Gasteiger partial charge in [-0.3, -0.25) is 0 Å². The summed E-state index contributed by atoms with van der Waals surface area (Å²) in [5, 5.41) is 15.5. The van der Waals surface area contributed by atoms with Gasteiger partial charge < -0.3 is 14.6 Å². The summed E-state index contributed by atoms with van der Waals surface area (Å²) in [6, 6.07) is 11.3. The van der Waals surface area contributed by atoms with E-state index in [1.54, 1.807) is 17.9 Å². The Morgan fingerprint density at radius 3 is 2.56 bits per heavy atom. The molecule has 1 aromatic carbocycles. The zero-order valence-corrected chi connectivity index (χ0v) is 18.4. The van der Waals surface area contributed by atoms with Crippen LogP contribution in [0.25, 0.3) is 16.7 Å². The summed E-state index contributed by atoms with van der Waals surface area (Å²) in [5.41, 5.74) is 2.66. The van der Waals surface area contributed by atoms with Gasteiger partial charge in [-0.25, -0.2) is 14.5 Å². The van der Waals surface area contributed by atoms with Gasteiger partial charge in [-0.1, -0.05) is 24.6 Å². The molecule has 2 aliphatic rings. The third-order valence-corrected chi connectivity index (χ3v) is 7.02. The number of pyridine rings is 1. The molecule has 0 spiro atoms. The first-order chi connectivity index (χ1) is 15.6. The highest BCUT2D eigenvalue weighted by Gasteiger charge is 2.41. The van der Waals surface area contributed by atoms with Crippen LogP contribution in [0.3, 0.4) is 0 Å². The van der Waals surface area contributed by atoms with Gasteiger partial charge in [0.2, 0.25) is 0 Å². The van der Waals surface area contributed by atoms with Crippen LogP contribution in [0.1, 0.15) is 67.0 Å². The number of hydrogen-bond acceptors (Lipinski definition) is 5. The standard InChI is InChI=1S/C25H29N3O4/c1-31-14-12-25(10-11-25)13-15-32-20-16-19(24(29)30)26-23-21(20)22(17-6-5-7-17)27-28(23)18-8-3-2-4-9-18/h2-4,8-9,16-17H,5-7,10-15H2,1H3,(H,29,30). The number of carboxylic acids is 1. The van der Waals surface area contributed by atoms with E-state index in [1.807, 2.05) is 30.3 Å². The Labute approximate surface area is 187 Å². The Hall–Kier alpha value is -2.93. The molecule has 0 radical (unpaired) electrons. The second-order valence-electron chi connectivity index (χ2n) is 9.11. The van der Waals surface area contributed by atoms with Gasteiger partial charge in [0.15, 0.2) is 11.3 Å². The van der Waals surface area contributed by atoms with E-state index >= 15 is 0 Å². The zero-order chi connectivity index (χ0) is 22.1. The van der Waals surface area contributed by atoms with Gasteiger partial charge in [-0.2, -0.15) is 5.10 Å². The lowest BCUT2D eigenvalue weighted by Crippen LogP contribution is -2.12. The van der Waals surface area contributed by atoms with Crippen molar-refractivity contribution in [3.05, 3.63) is 47.8 Å². The smallest absolute Gasteiger partial charge is 0.354 e. The van der Waals surface area contributed by atoms with Crippen molar-refractivity contribution in [2.24, 2.45) is 5.41 Å². The van der Waals surface area contributed by atoms with E-state index in [0.29, 0.717) is 29.3 Å². The van der Waals surface area contributed by atoms with Crippen molar-refractivity contribution < 1.29 is 19.4 Å². The van der Waals surface area contributed by atoms with E-state index in [1.165, 1.54) is 19.3 Å². The summed E-state index contributed by atoms with van der Waals surface area (Å²) < 4.78 is 13.3. The number of aromatic nitrogens is 3. The number of carbonyl (C=O) groups is 1. The molecule has 0 atom stereocenters. The van der Waals surface area contributed by atoms with Gasteiger partial charge in [0.25, 0.3) is 0 Å². The van der Waals surface area contributed by atoms with E-state index in [4.69, 9.17) is 14.6 Å². The molecule has 2 aliphatic carbocycles. The van der Waals surface area contributed by atoms with E-state index in [9.17, 15) is 9.90 Å². The number of aromatic carboxylic acids is 1. The third-order valence-electron chi connectivity index (χ3n) is 7.02. The SMILES string of the molecule is COCCC1(CCOc2cc(C(=O)O)nc3c2c(C2CCC2)nn3-c2ccccc2)CC1. The molecule has 2 heterocycles. The van der Waals surface area contributed by atoms with Crippen LogP contribution in [0, 0.1) is 5.41 Å². The molecule has 32 heavy (non-hydrogen) atoms. The Morgan fingerprint density at radius 1 is 1.19 bits per heavy atom. The van der Waals surface area contributed by atoms with Crippen LogP contribution >= 0.6 is 0 Å². The average Bonchev–Trinajstić information content (AvgIpc) is 3.44. The highest BCUT2D eigenvalue weighted by molar-refractivity contribution is 5.94. The minimum Gasteiger partial charge on any atom is -0.493 e. The Bertz CT molecular complexity index is 1120. The summed E-state index contributed by atoms with van der Waals surface area (Å²) >= 11 is 0. The van der Waals surface area contributed by atoms with E-state index < -0.39 is 5.97 Å². The number of methoxy groups -OCH3 is 1. The van der Waals surface area contributed by atoms with Crippen LogP contribution in [-0.4, -0.2) is 46.2 Å². The average molecular weight is 436 g/mol. The number of para-hydroxylation sites is 1. The van der Waals surface area contributed by atoms with Crippen molar-refractivity contribution in [1.29, 1.82) is 0 Å². The van der Waals surface area contributed by atoms with Crippen LogP contribution in [0.2, 0.25) is 0 Å². The molecule has 0 saturated heterocycles. The number of hydrogen-bond donors (Lipinski definition) is 1. The van der Waals surface area contributed by atoms with Crippen molar-refractivity contribution in [2.75, 3.05) is 20.3 Å². The second kappa shape index (κ2) is 8.54. The van der Waals surface area contributed by atoms with Crippen molar-refractivity contribution in [1.82, 2.24) is 14.8 Å². The van der Waals surface area contributed by atoms with Gasteiger partial charge >= 0.3 is 5.97 Å². The lowest BCUT2D eigenvalue weighted by molar-refractivity contribution is 0.0690. The first-order valence-electron chi connectivity index (χ1n) is 11.4. The van der Waals surface area contributed by atoms with Crippen LogP contribution in [0.5, 0.6) is 5.75 Å². The van der Waals surface area contributed by atoms with Crippen molar-refractivity contribution in [3.63, 3.8) is 0 Å². The molecular weight excluding hydrogens is 406 g/mol. The molecular formula is C25H29N3O4. The second-order valence-corrected chi connectivity index (χ2v) is 9.11. The zero-order valence-electron chi connectivity index (χ0n) is 18.4. The normalized spacial score (nSPS) is 17.3. The molecule has 7 nitrogen and oxygen atoms in total. The van der Waals surface area contributed by atoms with Crippen LogP contribution in [0.4, 0.5) is 0 Å². The van der Waals surface area contributed by atoms with E-state index in [0.717, 1.165) is 49.1 Å². The summed E-state index contributed by atoms with van der Waals surface area (Å²) in [4.78, 5) is 16.3. The van der Waals surface area contributed by atoms with Gasteiger partial charge in [-0.05, 0) is 56.1 Å². The molecule has 2 aromatic heterocycles. The lowest BCUT2D eigenvalue weighted by atomic mass is 9.82. The number of fused-ring (bicyclic) bond motifs is 1. The fourth-order valence-electron chi connectivity index (χ4n) is 4.55.